The highest BCUT2D eigenvalue weighted by Gasteiger charge is 2.17. The van der Waals surface area contributed by atoms with Crippen molar-refractivity contribution in [3.8, 4) is 0 Å². The smallest absolute Gasteiger partial charge is 0.374 e. The lowest BCUT2D eigenvalue weighted by Crippen LogP contribution is -1.98. The number of hydrogen-bond donors (Lipinski definition) is 3. The van der Waals surface area contributed by atoms with Gasteiger partial charge in [0.15, 0.2) is 0 Å². The molecule has 0 atom stereocenters. The first-order valence-electron chi connectivity index (χ1n) is 3.90. The highest BCUT2D eigenvalue weighted by molar-refractivity contribution is 6.03. The van der Waals surface area contributed by atoms with E-state index in [4.69, 9.17) is 21.0 Å². The Kier molecular flexibility index (Phi) is 1.60. The second-order valence-corrected chi connectivity index (χ2v) is 2.91. The number of nitrogen functional groups attached to an aromatic ring is 2. The molecular formula is C9H8N2O3. The maximum Gasteiger partial charge on any atom is 0.374 e. The van der Waals surface area contributed by atoms with Crippen LogP contribution >= 0.6 is 0 Å². The van der Waals surface area contributed by atoms with Crippen molar-refractivity contribution in [3.05, 3.63) is 24.0 Å². The van der Waals surface area contributed by atoms with Gasteiger partial charge in [-0.15, -0.1) is 0 Å². The van der Waals surface area contributed by atoms with Crippen molar-refractivity contribution in [3.63, 3.8) is 0 Å². The standard InChI is InChI=1S/C9H8N2O3/c10-4-1-2-5-6(3-4)14-8(7(5)11)9(12)13/h1-3H,10-11H2,(H,12,13). The van der Waals surface area contributed by atoms with Gasteiger partial charge in [-0.25, -0.2) is 4.79 Å². The van der Waals surface area contributed by atoms with Crippen LogP contribution in [0.4, 0.5) is 11.4 Å². The summed E-state index contributed by atoms with van der Waals surface area (Å²) >= 11 is 0. The number of anilines is 2. The minimum absolute atomic E-state index is 0.132. The molecule has 0 bridgehead atoms. The van der Waals surface area contributed by atoms with Crippen LogP contribution in [0.15, 0.2) is 22.6 Å². The third-order valence-electron chi connectivity index (χ3n) is 1.95. The molecule has 1 aromatic carbocycles. The number of furan rings is 1. The maximum absolute atomic E-state index is 10.7. The Morgan fingerprint density at radius 1 is 1.36 bits per heavy atom. The third-order valence-corrected chi connectivity index (χ3v) is 1.95. The van der Waals surface area contributed by atoms with Gasteiger partial charge in [0.25, 0.3) is 0 Å². The SMILES string of the molecule is Nc1ccc2c(N)c(C(=O)O)oc2c1. The zero-order chi connectivity index (χ0) is 10.3. The number of benzene rings is 1. The number of carboxylic acid groups (broad SMARTS) is 1. The van der Waals surface area contributed by atoms with Crippen molar-refractivity contribution in [2.75, 3.05) is 11.5 Å². The van der Waals surface area contributed by atoms with E-state index in [0.717, 1.165) is 0 Å². The lowest BCUT2D eigenvalue weighted by Gasteiger charge is -1.91. The van der Waals surface area contributed by atoms with Crippen LogP contribution in [-0.2, 0) is 0 Å². The second kappa shape index (κ2) is 2.66. The molecule has 2 aromatic rings. The molecule has 0 unspecified atom stereocenters. The van der Waals surface area contributed by atoms with E-state index >= 15 is 0 Å². The Morgan fingerprint density at radius 2 is 2.07 bits per heavy atom. The Morgan fingerprint density at radius 3 is 2.71 bits per heavy atom. The van der Waals surface area contributed by atoms with Gasteiger partial charge in [0.2, 0.25) is 5.76 Å². The first-order valence-corrected chi connectivity index (χ1v) is 3.90. The van der Waals surface area contributed by atoms with Crippen LogP contribution in [0.25, 0.3) is 11.0 Å². The van der Waals surface area contributed by atoms with Crippen LogP contribution in [0.5, 0.6) is 0 Å². The summed E-state index contributed by atoms with van der Waals surface area (Å²) in [6, 6.07) is 4.81. The van der Waals surface area contributed by atoms with Crippen LogP contribution < -0.4 is 11.5 Å². The zero-order valence-corrected chi connectivity index (χ0v) is 7.15. The molecular weight excluding hydrogens is 184 g/mol. The van der Waals surface area contributed by atoms with E-state index in [1.54, 1.807) is 12.1 Å². The van der Waals surface area contributed by atoms with Crippen molar-refractivity contribution in [2.45, 2.75) is 0 Å². The average molecular weight is 192 g/mol. The fourth-order valence-corrected chi connectivity index (χ4v) is 1.29. The van der Waals surface area contributed by atoms with Crippen LogP contribution in [0, 0.1) is 0 Å². The van der Waals surface area contributed by atoms with Crippen LogP contribution in [0.2, 0.25) is 0 Å². The lowest BCUT2D eigenvalue weighted by atomic mass is 10.2. The van der Waals surface area contributed by atoms with Gasteiger partial charge in [0.05, 0.1) is 5.69 Å². The highest BCUT2D eigenvalue weighted by atomic mass is 16.4. The molecule has 5 nitrogen and oxygen atoms in total. The van der Waals surface area contributed by atoms with Gasteiger partial charge < -0.3 is 21.0 Å². The molecule has 0 fully saturated rings. The van der Waals surface area contributed by atoms with Crippen molar-refractivity contribution in [1.82, 2.24) is 0 Å². The van der Waals surface area contributed by atoms with E-state index in [2.05, 4.69) is 0 Å². The summed E-state index contributed by atoms with van der Waals surface area (Å²) in [6.45, 7) is 0. The highest BCUT2D eigenvalue weighted by Crippen LogP contribution is 2.29. The minimum atomic E-state index is -1.18. The summed E-state index contributed by atoms with van der Waals surface area (Å²) in [4.78, 5) is 10.7. The number of nitrogens with two attached hydrogens (primary N) is 2. The van der Waals surface area contributed by atoms with Crippen molar-refractivity contribution in [2.24, 2.45) is 0 Å². The summed E-state index contributed by atoms with van der Waals surface area (Å²) in [6.07, 6.45) is 0. The van der Waals surface area contributed by atoms with Gasteiger partial charge in [-0.05, 0) is 12.1 Å². The Hall–Kier alpha value is -2.17. The maximum atomic E-state index is 10.7. The minimum Gasteiger partial charge on any atom is -0.475 e. The third kappa shape index (κ3) is 1.06. The number of aromatic carboxylic acids is 1. The number of hydrogen-bond acceptors (Lipinski definition) is 4. The average Bonchev–Trinajstić information content (AvgIpc) is 2.43. The van der Waals surface area contributed by atoms with Gasteiger partial charge in [0, 0.05) is 17.1 Å². The molecule has 1 heterocycles. The van der Waals surface area contributed by atoms with Crippen molar-refractivity contribution >= 4 is 28.3 Å². The molecule has 14 heavy (non-hydrogen) atoms. The topological polar surface area (TPSA) is 102 Å². The number of rotatable bonds is 1. The number of carboxylic acids is 1. The van der Waals surface area contributed by atoms with E-state index < -0.39 is 5.97 Å². The van der Waals surface area contributed by atoms with Crippen molar-refractivity contribution < 1.29 is 14.3 Å². The molecule has 0 aliphatic heterocycles. The van der Waals surface area contributed by atoms with E-state index in [1.165, 1.54) is 6.07 Å². The second-order valence-electron chi connectivity index (χ2n) is 2.91. The van der Waals surface area contributed by atoms with Gasteiger partial charge in [-0.1, -0.05) is 0 Å². The summed E-state index contributed by atoms with van der Waals surface area (Å²) < 4.78 is 5.04. The molecule has 0 saturated heterocycles. The van der Waals surface area contributed by atoms with E-state index in [0.29, 0.717) is 16.7 Å². The molecule has 1 aromatic heterocycles. The monoisotopic (exact) mass is 192 g/mol. The molecule has 0 spiro atoms. The molecule has 0 radical (unpaired) electrons. The fraction of sp³-hybridized carbons (Fsp3) is 0. The lowest BCUT2D eigenvalue weighted by molar-refractivity contribution is 0.0666. The first kappa shape index (κ1) is 8.43. The van der Waals surface area contributed by atoms with Gasteiger partial charge >= 0.3 is 5.97 Å². The first-order chi connectivity index (χ1) is 6.59. The molecule has 0 amide bonds. The normalized spacial score (nSPS) is 10.6. The van der Waals surface area contributed by atoms with E-state index in [1.807, 2.05) is 0 Å². The largest absolute Gasteiger partial charge is 0.475 e. The molecule has 0 aliphatic rings. The molecule has 2 rings (SSSR count). The Labute approximate surface area is 78.9 Å². The predicted molar refractivity (Wildman–Crippen MR) is 52.0 cm³/mol. The summed E-state index contributed by atoms with van der Waals surface area (Å²) in [5.41, 5.74) is 12.1. The van der Waals surface area contributed by atoms with Crippen LogP contribution in [-0.4, -0.2) is 11.1 Å². The molecule has 5 N–H and O–H groups in total. The number of carbonyl (C=O) groups is 1. The quantitative estimate of drug-likeness (QED) is 0.591. The molecule has 0 aliphatic carbocycles. The van der Waals surface area contributed by atoms with Crippen LogP contribution in [0.1, 0.15) is 10.6 Å². The summed E-state index contributed by atoms with van der Waals surface area (Å²) in [7, 11) is 0. The van der Waals surface area contributed by atoms with E-state index in [9.17, 15) is 4.79 Å². The molecule has 72 valence electrons. The molecule has 5 heteroatoms. The number of fused-ring (bicyclic) bond motifs is 1. The summed E-state index contributed by atoms with van der Waals surface area (Å²) in [5, 5.41) is 9.30. The van der Waals surface area contributed by atoms with Gasteiger partial charge in [-0.3, -0.25) is 0 Å². The van der Waals surface area contributed by atoms with Crippen molar-refractivity contribution in [1.29, 1.82) is 0 Å². The van der Waals surface area contributed by atoms with Gasteiger partial charge in [0.1, 0.15) is 5.58 Å². The summed E-state index contributed by atoms with van der Waals surface area (Å²) in [5.74, 6) is -1.43. The predicted octanol–water partition coefficient (Wildman–Crippen LogP) is 1.30. The Balaban J connectivity index is 2.79. The molecule has 0 saturated carbocycles. The van der Waals surface area contributed by atoms with E-state index in [-0.39, 0.29) is 11.4 Å². The van der Waals surface area contributed by atoms with Crippen LogP contribution in [0.3, 0.4) is 0 Å². The van der Waals surface area contributed by atoms with Gasteiger partial charge in [-0.2, -0.15) is 0 Å². The Bertz CT molecular complexity index is 516. The zero-order valence-electron chi connectivity index (χ0n) is 7.15. The fourth-order valence-electron chi connectivity index (χ4n) is 1.29.